The van der Waals surface area contributed by atoms with Crippen LogP contribution in [0.5, 0.6) is 0 Å². The summed E-state index contributed by atoms with van der Waals surface area (Å²) in [6.45, 7) is 9.55. The molecule has 0 radical (unpaired) electrons. The molecule has 244 valence electrons. The van der Waals surface area contributed by atoms with E-state index in [1.807, 2.05) is 13.8 Å². The van der Waals surface area contributed by atoms with Gasteiger partial charge < -0.3 is 21.1 Å². The van der Waals surface area contributed by atoms with Gasteiger partial charge in [0, 0.05) is 43.0 Å². The third-order valence-electron chi connectivity index (χ3n) is 7.48. The molecular weight excluding hydrogens is 598 g/mol. The second-order valence-corrected chi connectivity index (χ2v) is 13.8. The predicted octanol–water partition coefficient (Wildman–Crippen LogP) is 6.59. The highest BCUT2D eigenvalue weighted by Gasteiger charge is 2.29. The Labute approximate surface area is 262 Å². The second kappa shape index (κ2) is 17.4. The predicted molar refractivity (Wildman–Crippen MR) is 176 cm³/mol. The third-order valence-corrected chi connectivity index (χ3v) is 9.42. The summed E-state index contributed by atoms with van der Waals surface area (Å²) >= 11 is 0. The maximum absolute atomic E-state index is 14.0. The van der Waals surface area contributed by atoms with Crippen LogP contribution in [0, 0.1) is 17.6 Å². The van der Waals surface area contributed by atoms with Crippen molar-refractivity contribution in [1.82, 2.24) is 10.6 Å². The number of anilines is 2. The Morgan fingerprint density at radius 1 is 1.02 bits per heavy atom. The van der Waals surface area contributed by atoms with Crippen molar-refractivity contribution >= 4 is 40.5 Å². The number of aliphatic hydroxyl groups excluding tert-OH is 1. The van der Waals surface area contributed by atoms with Gasteiger partial charge in [-0.2, -0.15) is 0 Å². The van der Waals surface area contributed by atoms with Crippen molar-refractivity contribution in [3.8, 4) is 0 Å². The van der Waals surface area contributed by atoms with Crippen LogP contribution in [0.2, 0.25) is 0 Å². The number of hydrogen-bond acceptors (Lipinski definition) is 7. The van der Waals surface area contributed by atoms with Gasteiger partial charge in [0.2, 0.25) is 0 Å². The highest BCUT2D eigenvalue weighted by atomic mass is 35.5. The van der Waals surface area contributed by atoms with Gasteiger partial charge in [0.25, 0.3) is 5.91 Å². The summed E-state index contributed by atoms with van der Waals surface area (Å²) in [4.78, 5) is 13.6. The largest absolute Gasteiger partial charge is 0.390 e. The molecule has 2 aromatic carbocycles. The Bertz CT molecular complexity index is 1160. The zero-order chi connectivity index (χ0) is 30.9. The van der Waals surface area contributed by atoms with Crippen LogP contribution in [0.25, 0.3) is 0 Å². The van der Waals surface area contributed by atoms with Crippen molar-refractivity contribution in [2.45, 2.75) is 84.4 Å². The zero-order valence-electron chi connectivity index (χ0n) is 25.6. The van der Waals surface area contributed by atoms with Gasteiger partial charge >= 0.3 is 0 Å². The lowest BCUT2D eigenvalue weighted by Crippen LogP contribution is -2.49. The lowest BCUT2D eigenvalue weighted by molar-refractivity contribution is 0.0825. The molecular formula is C31H49ClF2N4O4S. The number of benzene rings is 2. The van der Waals surface area contributed by atoms with Gasteiger partial charge in [-0.1, -0.05) is 26.7 Å². The maximum atomic E-state index is 14.0. The van der Waals surface area contributed by atoms with Crippen molar-refractivity contribution in [2.75, 3.05) is 35.0 Å². The monoisotopic (exact) mass is 646 g/mol. The molecule has 12 heteroatoms. The molecule has 0 aromatic heterocycles. The summed E-state index contributed by atoms with van der Waals surface area (Å²) in [6, 6.07) is 7.53. The first kappa shape index (κ1) is 37.0. The summed E-state index contributed by atoms with van der Waals surface area (Å²) in [7, 11) is -3.01. The fourth-order valence-corrected chi connectivity index (χ4v) is 6.89. The first-order chi connectivity index (χ1) is 19.9. The number of rotatable bonds is 15. The molecule has 1 amide bonds. The van der Waals surface area contributed by atoms with Crippen LogP contribution in [-0.4, -0.2) is 63.7 Å². The smallest absolute Gasteiger partial charge is 0.251 e. The van der Waals surface area contributed by atoms with Gasteiger partial charge in [-0.25, -0.2) is 8.78 Å². The molecule has 0 aliphatic carbocycles. The molecule has 1 heterocycles. The molecule has 0 saturated carbocycles. The van der Waals surface area contributed by atoms with E-state index in [4.69, 9.17) is 0 Å². The molecule has 1 aliphatic heterocycles. The molecule has 1 fully saturated rings. The van der Waals surface area contributed by atoms with Crippen molar-refractivity contribution in [2.24, 2.45) is 5.92 Å². The van der Waals surface area contributed by atoms with Gasteiger partial charge in [-0.15, -0.1) is 23.2 Å². The van der Waals surface area contributed by atoms with Crippen molar-refractivity contribution in [3.05, 3.63) is 59.2 Å². The van der Waals surface area contributed by atoms with E-state index in [1.54, 1.807) is 22.5 Å². The van der Waals surface area contributed by atoms with Gasteiger partial charge in [0.05, 0.1) is 23.6 Å². The normalized spacial score (nSPS) is 17.5. The van der Waals surface area contributed by atoms with E-state index >= 15 is 0 Å². The van der Waals surface area contributed by atoms with E-state index < -0.39 is 40.5 Å². The minimum Gasteiger partial charge on any atom is -0.390 e. The number of nitrogens with one attached hydrogen (secondary N) is 3. The van der Waals surface area contributed by atoms with Gasteiger partial charge in [0.15, 0.2) is 0 Å². The van der Waals surface area contributed by atoms with E-state index in [2.05, 4.69) is 29.8 Å². The summed E-state index contributed by atoms with van der Waals surface area (Å²) in [5.41, 5.74) is 1.73. The molecule has 6 N–H and O–H groups in total. The summed E-state index contributed by atoms with van der Waals surface area (Å²) in [5, 5.41) is 20.6. The number of hydrogen-bond donors (Lipinski definition) is 6. The average molecular weight is 647 g/mol. The molecule has 1 saturated heterocycles. The summed E-state index contributed by atoms with van der Waals surface area (Å²) in [5.74, 6) is -1.07. The number of amides is 1. The first-order valence-electron chi connectivity index (χ1n) is 15.0. The Morgan fingerprint density at radius 3 is 2.35 bits per heavy atom. The van der Waals surface area contributed by atoms with Crippen LogP contribution >= 0.6 is 23.2 Å². The van der Waals surface area contributed by atoms with Crippen molar-refractivity contribution < 1.29 is 27.8 Å². The second-order valence-electron chi connectivity index (χ2n) is 11.7. The lowest BCUT2D eigenvalue weighted by atomic mass is 9.99. The quantitative estimate of drug-likeness (QED) is 0.129. The molecule has 3 rings (SSSR count). The summed E-state index contributed by atoms with van der Waals surface area (Å²) < 4.78 is 50.9. The maximum Gasteiger partial charge on any atom is 0.251 e. The van der Waals surface area contributed by atoms with Gasteiger partial charge in [0.1, 0.15) is 11.6 Å². The van der Waals surface area contributed by atoms with E-state index in [0.29, 0.717) is 42.4 Å². The van der Waals surface area contributed by atoms with Crippen LogP contribution < -0.4 is 20.3 Å². The molecule has 2 aromatic rings. The topological polar surface area (TPSA) is 117 Å². The zero-order valence-corrected chi connectivity index (χ0v) is 27.2. The molecule has 3 atom stereocenters. The minimum atomic E-state index is -3.01. The number of nitrogens with zero attached hydrogens (tertiary/aromatic N) is 1. The van der Waals surface area contributed by atoms with E-state index in [-0.39, 0.29) is 42.7 Å². The molecule has 0 spiro atoms. The first-order valence-corrected chi connectivity index (χ1v) is 16.6. The molecule has 0 bridgehead atoms. The molecule has 1 unspecified atom stereocenters. The number of halogens is 3. The third kappa shape index (κ3) is 11.7. The highest BCUT2D eigenvalue weighted by molar-refractivity contribution is 8.25. The van der Waals surface area contributed by atoms with Crippen LogP contribution in [0.15, 0.2) is 36.4 Å². The molecule has 1 aliphatic rings. The molecule has 43 heavy (non-hydrogen) atoms. The van der Waals surface area contributed by atoms with Gasteiger partial charge in [-0.05, 0) is 81.3 Å². The van der Waals surface area contributed by atoms with Crippen molar-refractivity contribution in [3.63, 3.8) is 0 Å². The number of carbonyl (C=O) groups excluding carboxylic acids is 1. The van der Waals surface area contributed by atoms with Crippen LogP contribution in [-0.2, 0) is 6.42 Å². The van der Waals surface area contributed by atoms with Crippen LogP contribution in [0.4, 0.5) is 20.2 Å². The SMILES string of the molecule is CCNc1cc(C(=O)N[C@@H](Cc2cc(F)cc(F)c2)[C@@H](O)CNC(C)CCCC(C)C)cc(N2CCCCS2(O)O)c1.Cl. The van der Waals surface area contributed by atoms with Crippen LogP contribution in [0.3, 0.4) is 0 Å². The Morgan fingerprint density at radius 2 is 1.72 bits per heavy atom. The fraction of sp³-hybridized carbons (Fsp3) is 0.581. The Hall–Kier alpha value is -2.15. The lowest BCUT2D eigenvalue weighted by Gasteiger charge is -2.47. The highest BCUT2D eigenvalue weighted by Crippen LogP contribution is 2.50. The fourth-order valence-electron chi connectivity index (χ4n) is 5.21. The van der Waals surface area contributed by atoms with E-state index in [0.717, 1.165) is 31.7 Å². The number of carbonyl (C=O) groups is 1. The molecule has 8 nitrogen and oxygen atoms in total. The summed E-state index contributed by atoms with van der Waals surface area (Å²) in [6.07, 6.45) is 3.58. The Balaban J connectivity index is 0.00000645. The minimum absolute atomic E-state index is 0. The Kier molecular flexibility index (Phi) is 15.0. The van der Waals surface area contributed by atoms with Crippen molar-refractivity contribution in [1.29, 1.82) is 0 Å². The van der Waals surface area contributed by atoms with E-state index in [9.17, 15) is 27.8 Å². The number of aliphatic hydroxyl groups is 1. The standard InChI is InChI=1S/C31H48F2N4O4S.ClH/c1-5-34-27-16-24(17-28(19-27)37-11-6-7-12-42(37,40)41)31(39)36-29(15-23-13-25(32)18-26(33)14-23)30(38)20-35-22(4)10-8-9-21(2)3;/h13-14,16-19,21-22,29-30,34-35,38,40-41H,5-12,15,20H2,1-4H3,(H,36,39);1H/t22?,29-,30-;/m0./s1. The van der Waals surface area contributed by atoms with Crippen LogP contribution in [0.1, 0.15) is 75.7 Å². The average Bonchev–Trinajstić information content (AvgIpc) is 2.90. The van der Waals surface area contributed by atoms with Gasteiger partial charge in [-0.3, -0.25) is 18.2 Å². The van der Waals surface area contributed by atoms with E-state index in [1.165, 1.54) is 12.1 Å².